The number of carbonyl (C=O) groups is 1. The molecule has 172 valence electrons. The normalized spacial score (nSPS) is 11.2. The van der Waals surface area contributed by atoms with E-state index in [2.05, 4.69) is 20.7 Å². The van der Waals surface area contributed by atoms with Crippen LogP contribution in [-0.4, -0.2) is 17.6 Å². The van der Waals surface area contributed by atoms with Crippen molar-refractivity contribution in [2.75, 3.05) is 12.8 Å². The van der Waals surface area contributed by atoms with Crippen LogP contribution in [0.5, 0.6) is 11.5 Å². The molecule has 0 aliphatic rings. The Balaban J connectivity index is 2.26. The number of methoxy groups -OCH3 is 1. The van der Waals surface area contributed by atoms with E-state index in [-0.39, 0.29) is 39.8 Å². The third-order valence-corrected chi connectivity index (χ3v) is 5.06. The quantitative estimate of drug-likeness (QED) is 0.308. The maximum atomic E-state index is 14.4. The van der Waals surface area contributed by atoms with Crippen molar-refractivity contribution in [1.29, 1.82) is 5.26 Å². The summed E-state index contributed by atoms with van der Waals surface area (Å²) in [5.41, 5.74) is 3.47. The summed E-state index contributed by atoms with van der Waals surface area (Å²) in [6.07, 6.45) is -3.86. The molecule has 0 aliphatic heterocycles. The Hall–Kier alpha value is -3.30. The number of hydrogen-bond acceptors (Lipinski definition) is 5. The van der Waals surface area contributed by atoms with E-state index in [4.69, 9.17) is 22.1 Å². The number of hydrogen-bond donors (Lipinski definition) is 1. The van der Waals surface area contributed by atoms with E-state index < -0.39 is 40.8 Å². The van der Waals surface area contributed by atoms with Gasteiger partial charge in [0.1, 0.15) is 6.07 Å². The van der Waals surface area contributed by atoms with Crippen LogP contribution in [0.1, 0.15) is 21.6 Å². The van der Waals surface area contributed by atoms with Gasteiger partial charge in [-0.15, -0.1) is 0 Å². The van der Waals surface area contributed by atoms with Gasteiger partial charge in [-0.25, -0.2) is 13.6 Å². The fraction of sp³-hybridized carbons (Fsp3) is 0.100. The van der Waals surface area contributed by atoms with Gasteiger partial charge in [0.25, 0.3) is 0 Å². The zero-order valence-corrected chi connectivity index (χ0v) is 18.6. The van der Waals surface area contributed by atoms with Crippen molar-refractivity contribution in [3.63, 3.8) is 0 Å². The summed E-state index contributed by atoms with van der Waals surface area (Å²) in [5, 5.41) is 9.05. The standard InChI is InChI=1S/C20H10BrClF5N3O3/c1-32-19(31)16-15(29)8(6-28)7-30(16)14-5-10(21)4-11(22)17(14)33-18-12(23)2-9(3-13(18)24)20(25,26)27/h2-5,7H,29H2,1H3. The molecule has 1 heterocycles. The van der Waals surface area contributed by atoms with Gasteiger partial charge in [-0.05, 0) is 24.3 Å². The molecule has 3 rings (SSSR count). The minimum atomic E-state index is -4.99. The first kappa shape index (κ1) is 24.3. The van der Waals surface area contributed by atoms with Crippen LogP contribution in [0.3, 0.4) is 0 Å². The molecular formula is C20H10BrClF5N3O3. The van der Waals surface area contributed by atoms with Crippen LogP contribution in [0, 0.1) is 23.0 Å². The second-order valence-electron chi connectivity index (χ2n) is 6.38. The molecule has 0 aliphatic carbocycles. The van der Waals surface area contributed by atoms with Crippen LogP contribution in [-0.2, 0) is 10.9 Å². The number of rotatable bonds is 4. The smallest absolute Gasteiger partial charge is 0.416 e. The summed E-state index contributed by atoms with van der Waals surface area (Å²) in [5.74, 6) is -5.87. The Bertz CT molecular complexity index is 1290. The number of ether oxygens (including phenoxy) is 2. The number of carbonyl (C=O) groups excluding carboxylic acids is 1. The van der Waals surface area contributed by atoms with Gasteiger partial charge in [-0.2, -0.15) is 18.4 Å². The Kier molecular flexibility index (Phi) is 6.58. The molecule has 0 atom stereocenters. The number of anilines is 1. The SMILES string of the molecule is COC(=O)c1c(N)c(C#N)cn1-c1cc(Br)cc(Cl)c1Oc1c(F)cc(C(F)(F)F)cc1F. The number of benzene rings is 2. The fourth-order valence-corrected chi connectivity index (χ4v) is 3.68. The van der Waals surface area contributed by atoms with Crippen molar-refractivity contribution in [3.8, 4) is 23.3 Å². The van der Waals surface area contributed by atoms with Crippen LogP contribution in [0.15, 0.2) is 34.9 Å². The topological polar surface area (TPSA) is 90.3 Å². The lowest BCUT2D eigenvalue weighted by Gasteiger charge is -2.17. The van der Waals surface area contributed by atoms with Gasteiger partial charge in [0.15, 0.2) is 28.8 Å². The van der Waals surface area contributed by atoms with Crippen molar-refractivity contribution in [3.05, 3.63) is 68.4 Å². The van der Waals surface area contributed by atoms with Crippen molar-refractivity contribution >= 4 is 39.2 Å². The molecule has 6 nitrogen and oxygen atoms in total. The maximum Gasteiger partial charge on any atom is 0.416 e. The van der Waals surface area contributed by atoms with Crippen molar-refractivity contribution in [2.24, 2.45) is 0 Å². The van der Waals surface area contributed by atoms with Gasteiger partial charge in [-0.1, -0.05) is 27.5 Å². The highest BCUT2D eigenvalue weighted by atomic mass is 79.9. The number of aromatic nitrogens is 1. The van der Waals surface area contributed by atoms with Crippen LogP contribution in [0.2, 0.25) is 5.02 Å². The zero-order valence-electron chi connectivity index (χ0n) is 16.2. The summed E-state index contributed by atoms with van der Waals surface area (Å²) < 4.78 is 78.6. The van der Waals surface area contributed by atoms with Gasteiger partial charge in [0.05, 0.1) is 34.6 Å². The molecule has 13 heteroatoms. The third kappa shape index (κ3) is 4.60. The summed E-state index contributed by atoms with van der Waals surface area (Å²) in [6.45, 7) is 0. The fourth-order valence-electron chi connectivity index (χ4n) is 2.85. The summed E-state index contributed by atoms with van der Waals surface area (Å²) >= 11 is 9.36. The maximum absolute atomic E-state index is 14.4. The molecule has 0 fully saturated rings. The molecule has 0 saturated heterocycles. The molecule has 33 heavy (non-hydrogen) atoms. The number of nitrogens with zero attached hydrogens (tertiary/aromatic N) is 2. The number of nitriles is 1. The molecule has 0 spiro atoms. The first-order chi connectivity index (χ1) is 15.4. The summed E-state index contributed by atoms with van der Waals surface area (Å²) in [7, 11) is 1.06. The van der Waals surface area contributed by atoms with Crippen LogP contribution in [0.25, 0.3) is 5.69 Å². The van der Waals surface area contributed by atoms with Crippen molar-refractivity contribution in [1.82, 2.24) is 4.57 Å². The zero-order chi connectivity index (χ0) is 24.7. The Morgan fingerprint density at radius 3 is 2.30 bits per heavy atom. The minimum Gasteiger partial charge on any atom is -0.464 e. The largest absolute Gasteiger partial charge is 0.464 e. The lowest BCUT2D eigenvalue weighted by atomic mass is 10.2. The van der Waals surface area contributed by atoms with E-state index >= 15 is 0 Å². The minimum absolute atomic E-state index is 0.0617. The molecule has 2 aromatic carbocycles. The lowest BCUT2D eigenvalue weighted by molar-refractivity contribution is -0.138. The van der Waals surface area contributed by atoms with Gasteiger partial charge in [-0.3, -0.25) is 0 Å². The predicted molar refractivity (Wildman–Crippen MR) is 110 cm³/mol. The average molecular weight is 551 g/mol. The second-order valence-corrected chi connectivity index (χ2v) is 7.71. The molecule has 0 amide bonds. The number of esters is 1. The van der Waals surface area contributed by atoms with Gasteiger partial charge < -0.3 is 19.8 Å². The number of nitrogen functional groups attached to an aromatic ring is 1. The molecule has 1 aromatic heterocycles. The van der Waals surface area contributed by atoms with Crippen LogP contribution in [0.4, 0.5) is 27.6 Å². The lowest BCUT2D eigenvalue weighted by Crippen LogP contribution is -2.12. The molecule has 3 aromatic rings. The second kappa shape index (κ2) is 8.92. The third-order valence-electron chi connectivity index (χ3n) is 4.32. The van der Waals surface area contributed by atoms with Gasteiger partial charge in [0, 0.05) is 10.7 Å². The molecular weight excluding hydrogens is 541 g/mol. The first-order valence-electron chi connectivity index (χ1n) is 8.61. The van der Waals surface area contributed by atoms with E-state index in [0.29, 0.717) is 4.47 Å². The molecule has 0 bridgehead atoms. The Labute approximate surface area is 196 Å². The van der Waals surface area contributed by atoms with Crippen molar-refractivity contribution < 1.29 is 36.2 Å². The monoisotopic (exact) mass is 549 g/mol. The Morgan fingerprint density at radius 1 is 1.18 bits per heavy atom. The number of alkyl halides is 3. The van der Waals surface area contributed by atoms with Crippen molar-refractivity contribution in [2.45, 2.75) is 6.18 Å². The Morgan fingerprint density at radius 2 is 1.79 bits per heavy atom. The molecule has 0 radical (unpaired) electrons. The average Bonchev–Trinajstić information content (AvgIpc) is 3.06. The number of nitrogens with two attached hydrogens (primary N) is 1. The molecule has 0 saturated carbocycles. The van der Waals surface area contributed by atoms with Crippen LogP contribution < -0.4 is 10.5 Å². The molecule has 2 N–H and O–H groups in total. The van der Waals surface area contributed by atoms with Gasteiger partial charge >= 0.3 is 12.1 Å². The van der Waals surface area contributed by atoms with Crippen LogP contribution >= 0.6 is 27.5 Å². The predicted octanol–water partition coefficient (Wildman–Crippen LogP) is 6.22. The van der Waals surface area contributed by atoms with E-state index in [1.165, 1.54) is 12.1 Å². The van der Waals surface area contributed by atoms with E-state index in [1.807, 2.05) is 0 Å². The first-order valence-corrected chi connectivity index (χ1v) is 9.78. The summed E-state index contributed by atoms with van der Waals surface area (Å²) in [4.78, 5) is 12.3. The number of halogens is 7. The highest BCUT2D eigenvalue weighted by Crippen LogP contribution is 2.42. The summed E-state index contributed by atoms with van der Waals surface area (Å²) in [6, 6.07) is 4.49. The van der Waals surface area contributed by atoms with Gasteiger partial charge in [0.2, 0.25) is 0 Å². The highest BCUT2D eigenvalue weighted by molar-refractivity contribution is 9.10. The highest BCUT2D eigenvalue weighted by Gasteiger charge is 2.33. The molecule has 0 unspecified atom stereocenters. The van der Waals surface area contributed by atoms with E-state index in [0.717, 1.165) is 17.9 Å². The van der Waals surface area contributed by atoms with E-state index in [9.17, 15) is 32.0 Å². The van der Waals surface area contributed by atoms with E-state index in [1.54, 1.807) is 6.07 Å².